The van der Waals surface area contributed by atoms with Crippen molar-refractivity contribution >= 4 is 39.0 Å². The summed E-state index contributed by atoms with van der Waals surface area (Å²) in [6.07, 6.45) is 0.928. The monoisotopic (exact) mass is 443 g/mol. The summed E-state index contributed by atoms with van der Waals surface area (Å²) in [5, 5.41) is 0. The zero-order valence-corrected chi connectivity index (χ0v) is 17.5. The van der Waals surface area contributed by atoms with Crippen molar-refractivity contribution in [1.82, 2.24) is 0 Å². The van der Waals surface area contributed by atoms with Crippen molar-refractivity contribution in [3.8, 4) is 0 Å². The Bertz CT molecular complexity index is 1220. The average molecular weight is 444 g/mol. The summed E-state index contributed by atoms with van der Waals surface area (Å²) in [6, 6.07) is 22.4. The molecule has 1 unspecified atom stereocenters. The minimum absolute atomic E-state index is 0.00297. The van der Waals surface area contributed by atoms with Crippen LogP contribution in [0.5, 0.6) is 0 Å². The van der Waals surface area contributed by atoms with Crippen LogP contribution in [0.1, 0.15) is 22.3 Å². The molecule has 1 amide bonds. The number of anilines is 2. The molecule has 142 valence electrons. The number of hydrogen-bond donors (Lipinski definition) is 0. The van der Waals surface area contributed by atoms with Gasteiger partial charge in [0.25, 0.3) is 5.91 Å². The number of amidine groups is 1. The van der Waals surface area contributed by atoms with Gasteiger partial charge in [-0.3, -0.25) is 4.79 Å². The van der Waals surface area contributed by atoms with Gasteiger partial charge in [-0.1, -0.05) is 70.5 Å². The first-order valence-corrected chi connectivity index (χ1v) is 10.5. The summed E-state index contributed by atoms with van der Waals surface area (Å²) in [5.74, 6) is 0.872. The van der Waals surface area contributed by atoms with Crippen LogP contribution in [0.25, 0.3) is 0 Å². The third-order valence-corrected chi connectivity index (χ3v) is 7.04. The highest BCUT2D eigenvalue weighted by Crippen LogP contribution is 2.54. The fourth-order valence-electron chi connectivity index (χ4n) is 4.99. The summed E-state index contributed by atoms with van der Waals surface area (Å²) < 4.78 is 1.09. The second kappa shape index (κ2) is 5.80. The van der Waals surface area contributed by atoms with E-state index < -0.39 is 5.54 Å². The van der Waals surface area contributed by atoms with Crippen LogP contribution in [0, 0.1) is 0 Å². The number of carbonyl (C=O) groups excluding carboxylic acids is 1. The van der Waals surface area contributed by atoms with E-state index in [0.29, 0.717) is 0 Å². The molecule has 3 aliphatic rings. The van der Waals surface area contributed by atoms with E-state index in [2.05, 4.69) is 45.1 Å². The minimum atomic E-state index is -1.04. The number of benzene rings is 3. The maximum absolute atomic E-state index is 13.8. The van der Waals surface area contributed by atoms with Crippen LogP contribution in [-0.2, 0) is 16.8 Å². The minimum Gasteiger partial charge on any atom is -0.325 e. The standard InChI is InChI=1S/C24H18BrN3O/c1-27-20-10-6-5-9-17(20)24(23(27)29)18-11-12-19(25)16-13-14-28(21(16)18)22(26-24)15-7-3-2-4-8-15/h2-12H,13-14H2,1H3. The molecule has 0 bridgehead atoms. The molecule has 0 saturated carbocycles. The summed E-state index contributed by atoms with van der Waals surface area (Å²) in [4.78, 5) is 23.1. The Balaban J connectivity index is 1.74. The predicted molar refractivity (Wildman–Crippen MR) is 119 cm³/mol. The van der Waals surface area contributed by atoms with Crippen LogP contribution in [0.15, 0.2) is 76.2 Å². The number of aliphatic imine (C=N–C) groups is 1. The highest BCUT2D eigenvalue weighted by Gasteiger charge is 2.56. The number of rotatable bonds is 1. The number of para-hydroxylation sites is 1. The van der Waals surface area contributed by atoms with Gasteiger partial charge in [0, 0.05) is 40.4 Å². The Hall–Kier alpha value is -2.92. The third kappa shape index (κ3) is 2.03. The number of hydrogen-bond acceptors (Lipinski definition) is 3. The lowest BCUT2D eigenvalue weighted by Crippen LogP contribution is -2.46. The molecular weight excluding hydrogens is 426 g/mol. The summed E-state index contributed by atoms with van der Waals surface area (Å²) >= 11 is 3.73. The van der Waals surface area contributed by atoms with Crippen molar-refractivity contribution in [3.05, 3.63) is 93.5 Å². The second-order valence-corrected chi connectivity index (χ2v) is 8.57. The van der Waals surface area contributed by atoms with Crippen molar-refractivity contribution in [2.24, 2.45) is 4.99 Å². The average Bonchev–Trinajstić information content (AvgIpc) is 3.29. The molecule has 1 atom stereocenters. The first-order valence-electron chi connectivity index (χ1n) is 9.75. The van der Waals surface area contributed by atoms with Crippen LogP contribution < -0.4 is 9.80 Å². The van der Waals surface area contributed by atoms with E-state index in [1.54, 1.807) is 4.90 Å². The van der Waals surface area contributed by atoms with Crippen LogP contribution in [0.3, 0.4) is 0 Å². The molecule has 0 saturated heterocycles. The molecule has 29 heavy (non-hydrogen) atoms. The molecule has 3 aromatic carbocycles. The maximum Gasteiger partial charge on any atom is 0.264 e. The first-order chi connectivity index (χ1) is 14.1. The van der Waals surface area contributed by atoms with E-state index in [4.69, 9.17) is 4.99 Å². The van der Waals surface area contributed by atoms with Crippen LogP contribution in [0.4, 0.5) is 11.4 Å². The number of amides is 1. The number of nitrogens with zero attached hydrogens (tertiary/aromatic N) is 3. The van der Waals surface area contributed by atoms with E-state index in [9.17, 15) is 4.79 Å². The molecule has 1 spiro atoms. The van der Waals surface area contributed by atoms with Gasteiger partial charge in [0.05, 0.1) is 5.69 Å². The molecular formula is C24H18BrN3O. The highest BCUT2D eigenvalue weighted by molar-refractivity contribution is 9.10. The van der Waals surface area contributed by atoms with Crippen molar-refractivity contribution in [2.75, 3.05) is 23.4 Å². The predicted octanol–water partition coefficient (Wildman–Crippen LogP) is 4.49. The largest absolute Gasteiger partial charge is 0.325 e. The third-order valence-electron chi connectivity index (χ3n) is 6.30. The zero-order chi connectivity index (χ0) is 19.8. The van der Waals surface area contributed by atoms with Crippen molar-refractivity contribution in [3.63, 3.8) is 0 Å². The van der Waals surface area contributed by atoms with E-state index in [0.717, 1.165) is 51.3 Å². The zero-order valence-electron chi connectivity index (χ0n) is 15.9. The van der Waals surface area contributed by atoms with Crippen LogP contribution in [0.2, 0.25) is 0 Å². The number of carbonyl (C=O) groups is 1. The highest BCUT2D eigenvalue weighted by atomic mass is 79.9. The summed E-state index contributed by atoms with van der Waals surface area (Å²) in [6.45, 7) is 0.862. The number of likely N-dealkylation sites (N-methyl/N-ethyl adjacent to an activating group) is 1. The van der Waals surface area contributed by atoms with Crippen LogP contribution >= 0.6 is 15.9 Å². The Labute approximate surface area is 177 Å². The van der Waals surface area contributed by atoms with E-state index >= 15 is 0 Å². The van der Waals surface area contributed by atoms with E-state index in [-0.39, 0.29) is 5.91 Å². The number of fused-ring (bicyclic) bond motifs is 3. The van der Waals surface area contributed by atoms with E-state index in [1.165, 1.54) is 5.56 Å². The molecule has 0 aromatic heterocycles. The maximum atomic E-state index is 13.8. The summed E-state index contributed by atoms with van der Waals surface area (Å²) in [7, 11) is 1.85. The molecule has 6 rings (SSSR count). The summed E-state index contributed by atoms with van der Waals surface area (Å²) in [5.41, 5.74) is 5.24. The Morgan fingerprint density at radius 2 is 1.72 bits per heavy atom. The van der Waals surface area contributed by atoms with Crippen LogP contribution in [-0.4, -0.2) is 25.3 Å². The lowest BCUT2D eigenvalue weighted by molar-refractivity contribution is -0.121. The molecule has 4 nitrogen and oxygen atoms in total. The molecule has 0 N–H and O–H groups in total. The fourth-order valence-corrected chi connectivity index (χ4v) is 5.51. The normalized spacial score (nSPS) is 21.4. The Kier molecular flexibility index (Phi) is 3.40. The molecule has 3 aromatic rings. The lowest BCUT2D eigenvalue weighted by Gasteiger charge is -2.37. The van der Waals surface area contributed by atoms with Gasteiger partial charge >= 0.3 is 0 Å². The van der Waals surface area contributed by atoms with Gasteiger partial charge in [0.15, 0.2) is 5.54 Å². The molecule has 3 heterocycles. The van der Waals surface area contributed by atoms with Gasteiger partial charge in [-0.05, 0) is 24.1 Å². The molecule has 5 heteroatoms. The topological polar surface area (TPSA) is 35.9 Å². The van der Waals surface area contributed by atoms with Crippen molar-refractivity contribution in [2.45, 2.75) is 12.0 Å². The Morgan fingerprint density at radius 3 is 2.55 bits per heavy atom. The Morgan fingerprint density at radius 1 is 0.966 bits per heavy atom. The molecule has 0 fully saturated rings. The van der Waals surface area contributed by atoms with E-state index in [1.807, 2.05) is 49.5 Å². The van der Waals surface area contributed by atoms with Gasteiger partial charge in [0.2, 0.25) is 0 Å². The SMILES string of the molecule is CN1C(=O)C2(N=C(c3ccccc3)N3CCc4c(Br)ccc2c43)c2ccccc21. The van der Waals surface area contributed by atoms with Gasteiger partial charge in [-0.25, -0.2) is 4.99 Å². The quantitative estimate of drug-likeness (QED) is 0.555. The molecule has 0 aliphatic carbocycles. The molecule has 3 aliphatic heterocycles. The van der Waals surface area contributed by atoms with Gasteiger partial charge in [-0.2, -0.15) is 0 Å². The fraction of sp³-hybridized carbons (Fsp3) is 0.167. The number of halogens is 1. The molecule has 0 radical (unpaired) electrons. The smallest absolute Gasteiger partial charge is 0.264 e. The van der Waals surface area contributed by atoms with Crippen molar-refractivity contribution in [1.29, 1.82) is 0 Å². The van der Waals surface area contributed by atoms with Gasteiger partial charge < -0.3 is 9.80 Å². The second-order valence-electron chi connectivity index (χ2n) is 7.72. The van der Waals surface area contributed by atoms with Gasteiger partial charge in [0.1, 0.15) is 5.84 Å². The first kappa shape index (κ1) is 17.0. The lowest BCUT2D eigenvalue weighted by atomic mass is 9.81. The van der Waals surface area contributed by atoms with Gasteiger partial charge in [-0.15, -0.1) is 0 Å². The van der Waals surface area contributed by atoms with Crippen molar-refractivity contribution < 1.29 is 4.79 Å².